The third kappa shape index (κ3) is 1.93. The van der Waals surface area contributed by atoms with E-state index in [-0.39, 0.29) is 0 Å². The number of ether oxygens (including phenoxy) is 1. The third-order valence-corrected chi connectivity index (χ3v) is 4.58. The lowest BCUT2D eigenvalue weighted by Gasteiger charge is -2.19. The second kappa shape index (κ2) is 3.99. The van der Waals surface area contributed by atoms with Crippen LogP contribution in [0.15, 0.2) is 18.2 Å². The standard InChI is InChI=1S/C16H23NO/c1-10-7-12-8-11(5-6-14(12)18-10)15(17-4)13-9-16(13,2)3/h5-6,8,10,13,15,17H,7,9H2,1-4H3. The van der Waals surface area contributed by atoms with Crippen LogP contribution in [0.5, 0.6) is 5.75 Å². The second-order valence-electron chi connectivity index (χ2n) is 6.57. The molecule has 1 aliphatic carbocycles. The van der Waals surface area contributed by atoms with Crippen molar-refractivity contribution in [3.63, 3.8) is 0 Å². The van der Waals surface area contributed by atoms with E-state index in [1.165, 1.54) is 17.5 Å². The highest BCUT2D eigenvalue weighted by molar-refractivity contribution is 5.42. The van der Waals surface area contributed by atoms with Gasteiger partial charge in [-0.3, -0.25) is 0 Å². The predicted molar refractivity (Wildman–Crippen MR) is 73.9 cm³/mol. The summed E-state index contributed by atoms with van der Waals surface area (Å²) in [5.74, 6) is 1.84. The highest BCUT2D eigenvalue weighted by atomic mass is 16.5. The molecule has 1 saturated carbocycles. The molecule has 18 heavy (non-hydrogen) atoms. The highest BCUT2D eigenvalue weighted by Crippen LogP contribution is 2.57. The maximum Gasteiger partial charge on any atom is 0.123 e. The maximum absolute atomic E-state index is 5.77. The molecule has 1 aromatic carbocycles. The van der Waals surface area contributed by atoms with Crippen LogP contribution < -0.4 is 10.1 Å². The molecule has 3 unspecified atom stereocenters. The normalized spacial score (nSPS) is 29.6. The molecule has 1 heterocycles. The van der Waals surface area contributed by atoms with Crippen LogP contribution in [0.2, 0.25) is 0 Å². The molecule has 3 rings (SSSR count). The van der Waals surface area contributed by atoms with Gasteiger partial charge < -0.3 is 10.1 Å². The molecule has 2 nitrogen and oxygen atoms in total. The van der Waals surface area contributed by atoms with Gasteiger partial charge in [-0.1, -0.05) is 26.0 Å². The van der Waals surface area contributed by atoms with Gasteiger partial charge in [0.25, 0.3) is 0 Å². The summed E-state index contributed by atoms with van der Waals surface area (Å²) in [6.07, 6.45) is 2.71. The molecule has 1 aromatic rings. The lowest BCUT2D eigenvalue weighted by Crippen LogP contribution is -2.20. The Labute approximate surface area is 110 Å². The van der Waals surface area contributed by atoms with Crippen molar-refractivity contribution in [2.45, 2.75) is 45.8 Å². The van der Waals surface area contributed by atoms with E-state index >= 15 is 0 Å². The third-order valence-electron chi connectivity index (χ3n) is 4.58. The fraction of sp³-hybridized carbons (Fsp3) is 0.625. The molecular weight excluding hydrogens is 222 g/mol. The monoisotopic (exact) mass is 245 g/mol. The second-order valence-corrected chi connectivity index (χ2v) is 6.57. The number of hydrogen-bond acceptors (Lipinski definition) is 2. The first-order valence-corrected chi connectivity index (χ1v) is 6.98. The Morgan fingerprint density at radius 3 is 2.72 bits per heavy atom. The Morgan fingerprint density at radius 1 is 1.39 bits per heavy atom. The van der Waals surface area contributed by atoms with E-state index in [2.05, 4.69) is 51.3 Å². The summed E-state index contributed by atoms with van der Waals surface area (Å²) >= 11 is 0. The van der Waals surface area contributed by atoms with Crippen LogP contribution >= 0.6 is 0 Å². The molecule has 0 bridgehead atoms. The largest absolute Gasteiger partial charge is 0.490 e. The fourth-order valence-electron chi connectivity index (χ4n) is 3.31. The molecule has 1 fully saturated rings. The lowest BCUT2D eigenvalue weighted by atomic mass is 9.95. The summed E-state index contributed by atoms with van der Waals surface area (Å²) in [5, 5.41) is 3.50. The molecular formula is C16H23NO. The zero-order valence-corrected chi connectivity index (χ0v) is 11.8. The van der Waals surface area contributed by atoms with E-state index in [4.69, 9.17) is 4.74 Å². The molecule has 1 aliphatic heterocycles. The zero-order valence-electron chi connectivity index (χ0n) is 11.8. The number of nitrogens with one attached hydrogen (secondary N) is 1. The van der Waals surface area contributed by atoms with E-state index in [1.54, 1.807) is 0 Å². The Bertz CT molecular complexity index is 466. The van der Waals surface area contributed by atoms with Gasteiger partial charge in [0.15, 0.2) is 0 Å². The first-order valence-electron chi connectivity index (χ1n) is 6.98. The summed E-state index contributed by atoms with van der Waals surface area (Å²) < 4.78 is 5.77. The van der Waals surface area contributed by atoms with Gasteiger partial charge in [-0.05, 0) is 48.9 Å². The van der Waals surface area contributed by atoms with Gasteiger partial charge in [-0.2, -0.15) is 0 Å². The number of fused-ring (bicyclic) bond motifs is 1. The van der Waals surface area contributed by atoms with Crippen molar-refractivity contribution in [1.82, 2.24) is 5.32 Å². The van der Waals surface area contributed by atoms with Crippen LogP contribution in [0.25, 0.3) is 0 Å². The number of hydrogen-bond donors (Lipinski definition) is 1. The van der Waals surface area contributed by atoms with Gasteiger partial charge in [-0.15, -0.1) is 0 Å². The van der Waals surface area contributed by atoms with E-state index in [9.17, 15) is 0 Å². The van der Waals surface area contributed by atoms with Crippen molar-refractivity contribution in [2.75, 3.05) is 7.05 Å². The highest BCUT2D eigenvalue weighted by Gasteiger charge is 2.50. The SMILES string of the molecule is CNC(c1ccc2c(c1)CC(C)O2)C1CC1(C)C. The zero-order chi connectivity index (χ0) is 12.9. The molecule has 0 radical (unpaired) electrons. The van der Waals surface area contributed by atoms with Gasteiger partial charge in [0, 0.05) is 12.5 Å². The fourth-order valence-corrected chi connectivity index (χ4v) is 3.31. The van der Waals surface area contributed by atoms with Crippen molar-refractivity contribution in [3.05, 3.63) is 29.3 Å². The van der Waals surface area contributed by atoms with Gasteiger partial charge in [0.2, 0.25) is 0 Å². The number of rotatable bonds is 3. The quantitative estimate of drug-likeness (QED) is 0.882. The van der Waals surface area contributed by atoms with Crippen LogP contribution in [0.4, 0.5) is 0 Å². The minimum Gasteiger partial charge on any atom is -0.490 e. The summed E-state index contributed by atoms with van der Waals surface area (Å²) in [5.41, 5.74) is 3.29. The summed E-state index contributed by atoms with van der Waals surface area (Å²) in [4.78, 5) is 0. The molecule has 2 heteroatoms. The molecule has 2 aliphatic rings. The van der Waals surface area contributed by atoms with Gasteiger partial charge in [0.1, 0.15) is 11.9 Å². The van der Waals surface area contributed by atoms with E-state index in [0.717, 1.165) is 18.1 Å². The van der Waals surface area contributed by atoms with Crippen LogP contribution in [0.3, 0.4) is 0 Å². The van der Waals surface area contributed by atoms with Crippen molar-refractivity contribution in [3.8, 4) is 5.75 Å². The molecule has 98 valence electrons. The van der Waals surface area contributed by atoms with Crippen molar-refractivity contribution in [2.24, 2.45) is 11.3 Å². The Morgan fingerprint density at radius 2 is 2.11 bits per heavy atom. The minimum atomic E-state index is 0.334. The first kappa shape index (κ1) is 12.0. The molecule has 1 N–H and O–H groups in total. The predicted octanol–water partition coefficient (Wildman–Crippen LogP) is 3.32. The van der Waals surface area contributed by atoms with Crippen LogP contribution in [0.1, 0.15) is 44.4 Å². The molecule has 0 saturated heterocycles. The van der Waals surface area contributed by atoms with Crippen molar-refractivity contribution in [1.29, 1.82) is 0 Å². The molecule has 0 spiro atoms. The minimum absolute atomic E-state index is 0.334. The smallest absolute Gasteiger partial charge is 0.123 e. The molecule has 0 aromatic heterocycles. The van der Waals surface area contributed by atoms with Crippen molar-refractivity contribution < 1.29 is 4.74 Å². The van der Waals surface area contributed by atoms with Crippen molar-refractivity contribution >= 4 is 0 Å². The average molecular weight is 245 g/mol. The maximum atomic E-state index is 5.77. The van der Waals surface area contributed by atoms with E-state index < -0.39 is 0 Å². The lowest BCUT2D eigenvalue weighted by molar-refractivity contribution is 0.254. The summed E-state index contributed by atoms with van der Waals surface area (Å²) in [7, 11) is 2.07. The molecule has 3 atom stereocenters. The molecule has 0 amide bonds. The topological polar surface area (TPSA) is 21.3 Å². The van der Waals surface area contributed by atoms with E-state index in [0.29, 0.717) is 17.6 Å². The first-order chi connectivity index (χ1) is 8.51. The Balaban J connectivity index is 1.86. The van der Waals surface area contributed by atoms with Gasteiger partial charge in [-0.25, -0.2) is 0 Å². The van der Waals surface area contributed by atoms with E-state index in [1.807, 2.05) is 0 Å². The number of benzene rings is 1. The van der Waals surface area contributed by atoms with Crippen LogP contribution in [0, 0.1) is 11.3 Å². The van der Waals surface area contributed by atoms with Gasteiger partial charge in [0.05, 0.1) is 0 Å². The van der Waals surface area contributed by atoms with Gasteiger partial charge >= 0.3 is 0 Å². The summed E-state index contributed by atoms with van der Waals surface area (Å²) in [6, 6.07) is 7.20. The Kier molecular flexibility index (Phi) is 2.67. The Hall–Kier alpha value is -1.02. The van der Waals surface area contributed by atoms with Crippen LogP contribution in [-0.2, 0) is 6.42 Å². The van der Waals surface area contributed by atoms with Crippen LogP contribution in [-0.4, -0.2) is 13.2 Å². The average Bonchev–Trinajstić information content (AvgIpc) is 2.77. The summed E-state index contributed by atoms with van der Waals surface area (Å²) in [6.45, 7) is 6.86.